The third-order valence-corrected chi connectivity index (χ3v) is 5.63. The Morgan fingerprint density at radius 2 is 1.09 bits per heavy atom. The van der Waals surface area contributed by atoms with Gasteiger partial charge in [0.1, 0.15) is 0 Å². The predicted octanol–water partition coefficient (Wildman–Crippen LogP) is 4.68. The molecule has 0 saturated heterocycles. The van der Waals surface area contributed by atoms with E-state index in [9.17, 15) is 0 Å². The lowest BCUT2D eigenvalue weighted by Gasteiger charge is -2.18. The van der Waals surface area contributed by atoms with E-state index in [0.29, 0.717) is 0 Å². The highest BCUT2D eigenvalue weighted by atomic mass is 31.1. The third-order valence-electron chi connectivity index (χ3n) is 3.65. The van der Waals surface area contributed by atoms with Crippen LogP contribution >= 0.6 is 8.15 Å². The van der Waals surface area contributed by atoms with Crippen LogP contribution in [0.15, 0.2) is 91.0 Å². The second-order valence-corrected chi connectivity index (χ2v) is 7.27. The molecule has 0 aliphatic heterocycles. The van der Waals surface area contributed by atoms with Crippen LogP contribution in [0, 0.1) is 0 Å². The van der Waals surface area contributed by atoms with Gasteiger partial charge in [-0.1, -0.05) is 91.0 Å². The Balaban J connectivity index is 1.63. The molecule has 23 heavy (non-hydrogen) atoms. The van der Waals surface area contributed by atoms with E-state index >= 15 is 0 Å². The molecule has 3 aromatic rings. The first-order chi connectivity index (χ1) is 11.4. The van der Waals surface area contributed by atoms with Gasteiger partial charge in [0.25, 0.3) is 0 Å². The van der Waals surface area contributed by atoms with Crippen molar-refractivity contribution in [3.05, 3.63) is 96.6 Å². The van der Waals surface area contributed by atoms with Crippen molar-refractivity contribution in [2.45, 2.75) is 12.8 Å². The van der Waals surface area contributed by atoms with Gasteiger partial charge in [-0.3, -0.25) is 0 Å². The van der Waals surface area contributed by atoms with E-state index in [1.807, 2.05) is 0 Å². The summed E-state index contributed by atoms with van der Waals surface area (Å²) in [5.74, 6) is 0. The largest absolute Gasteiger partial charge is 0.350 e. The Kier molecular flexibility index (Phi) is 5.97. The van der Waals surface area contributed by atoms with Crippen molar-refractivity contribution in [1.29, 1.82) is 0 Å². The molecule has 3 aromatic carbocycles. The van der Waals surface area contributed by atoms with Gasteiger partial charge in [0.15, 0.2) is 0 Å². The molecule has 0 unspecified atom stereocenters. The molecule has 0 heterocycles. The zero-order valence-electron chi connectivity index (χ0n) is 13.1. The first-order valence-corrected chi connectivity index (χ1v) is 9.26. The van der Waals surface area contributed by atoms with E-state index in [-0.39, 0.29) is 0 Å². The molecule has 0 atom stereocenters. The topological polar surface area (TPSA) is 9.23 Å². The van der Waals surface area contributed by atoms with E-state index in [4.69, 9.17) is 4.52 Å². The van der Waals surface area contributed by atoms with E-state index in [0.717, 1.165) is 19.4 Å². The lowest BCUT2D eigenvalue weighted by Crippen LogP contribution is -2.14. The lowest BCUT2D eigenvalue weighted by atomic mass is 10.1. The van der Waals surface area contributed by atoms with Gasteiger partial charge < -0.3 is 4.52 Å². The maximum atomic E-state index is 6.30. The fourth-order valence-electron chi connectivity index (χ4n) is 2.50. The molecule has 0 saturated carbocycles. The van der Waals surface area contributed by atoms with Crippen molar-refractivity contribution < 1.29 is 4.52 Å². The maximum absolute atomic E-state index is 6.30. The summed E-state index contributed by atoms with van der Waals surface area (Å²) in [6.07, 6.45) is 2.11. The van der Waals surface area contributed by atoms with Gasteiger partial charge >= 0.3 is 0 Å². The summed E-state index contributed by atoms with van der Waals surface area (Å²) in [7, 11) is -0.731. The molecule has 0 spiro atoms. The van der Waals surface area contributed by atoms with Crippen LogP contribution in [0.1, 0.15) is 12.0 Å². The van der Waals surface area contributed by atoms with Crippen molar-refractivity contribution >= 4 is 18.8 Å². The van der Waals surface area contributed by atoms with Crippen LogP contribution in [0.5, 0.6) is 0 Å². The minimum Gasteiger partial charge on any atom is -0.350 e. The van der Waals surface area contributed by atoms with Gasteiger partial charge in [-0.15, -0.1) is 0 Å². The molecule has 0 bridgehead atoms. The van der Waals surface area contributed by atoms with Gasteiger partial charge in [-0.2, -0.15) is 0 Å². The van der Waals surface area contributed by atoms with Crippen molar-refractivity contribution in [3.63, 3.8) is 0 Å². The molecule has 0 fully saturated rings. The molecule has 0 aliphatic rings. The molecule has 0 N–H and O–H groups in total. The molecule has 1 nitrogen and oxygen atoms in total. The minimum atomic E-state index is -0.731. The van der Waals surface area contributed by atoms with Crippen molar-refractivity contribution in [2.24, 2.45) is 0 Å². The highest BCUT2D eigenvalue weighted by Crippen LogP contribution is 2.34. The average Bonchev–Trinajstić information content (AvgIpc) is 2.64. The van der Waals surface area contributed by atoms with Gasteiger partial charge in [0.05, 0.1) is 14.8 Å². The van der Waals surface area contributed by atoms with Crippen LogP contribution in [0.4, 0.5) is 0 Å². The van der Waals surface area contributed by atoms with Crippen molar-refractivity contribution in [3.8, 4) is 0 Å². The molecule has 0 aliphatic carbocycles. The molecular formula is C21H21OP. The fourth-order valence-corrected chi connectivity index (χ4v) is 4.30. The van der Waals surface area contributed by atoms with Crippen LogP contribution in [0.3, 0.4) is 0 Å². The van der Waals surface area contributed by atoms with Crippen LogP contribution < -0.4 is 10.6 Å². The Morgan fingerprint density at radius 1 is 0.609 bits per heavy atom. The fraction of sp³-hybridized carbons (Fsp3) is 0.143. The Hall–Kier alpha value is -1.95. The summed E-state index contributed by atoms with van der Waals surface area (Å²) < 4.78 is 6.30. The summed E-state index contributed by atoms with van der Waals surface area (Å²) in [5.41, 5.74) is 1.37. The van der Waals surface area contributed by atoms with Crippen LogP contribution in [-0.4, -0.2) is 6.61 Å². The molecule has 0 radical (unpaired) electrons. The minimum absolute atomic E-state index is 0.731. The summed E-state index contributed by atoms with van der Waals surface area (Å²) in [6.45, 7) is 0.782. The van der Waals surface area contributed by atoms with Gasteiger partial charge in [0, 0.05) is 10.6 Å². The van der Waals surface area contributed by atoms with E-state index < -0.39 is 8.15 Å². The number of hydrogen-bond donors (Lipinski definition) is 0. The number of aryl methyl sites for hydroxylation is 1. The first kappa shape index (κ1) is 15.9. The van der Waals surface area contributed by atoms with Gasteiger partial charge in [-0.05, 0) is 18.4 Å². The van der Waals surface area contributed by atoms with Crippen LogP contribution in [-0.2, 0) is 10.9 Å². The standard InChI is InChI=1S/C21H21OP/c1-4-11-19(12-5-1)13-10-18-22-23(20-14-6-2-7-15-20)21-16-8-3-9-17-21/h1-9,11-12,14-17H,10,13,18H2. The summed E-state index contributed by atoms with van der Waals surface area (Å²) in [4.78, 5) is 0. The van der Waals surface area contributed by atoms with Crippen LogP contribution in [0.25, 0.3) is 0 Å². The summed E-state index contributed by atoms with van der Waals surface area (Å²) >= 11 is 0. The molecule has 3 rings (SSSR count). The molecule has 0 aromatic heterocycles. The van der Waals surface area contributed by atoms with Crippen molar-refractivity contribution in [2.75, 3.05) is 6.61 Å². The highest BCUT2D eigenvalue weighted by Gasteiger charge is 2.14. The highest BCUT2D eigenvalue weighted by molar-refractivity contribution is 7.68. The van der Waals surface area contributed by atoms with Crippen LogP contribution in [0.2, 0.25) is 0 Å². The second kappa shape index (κ2) is 8.62. The first-order valence-electron chi connectivity index (χ1n) is 8.00. The molecule has 116 valence electrons. The normalized spacial score (nSPS) is 10.8. The molecule has 2 heteroatoms. The Bertz CT molecular complexity index is 643. The number of benzene rings is 3. The second-order valence-electron chi connectivity index (χ2n) is 5.39. The predicted molar refractivity (Wildman–Crippen MR) is 99.8 cm³/mol. The SMILES string of the molecule is c1ccc(CCCOP(c2ccccc2)c2ccccc2)cc1. The van der Waals surface area contributed by atoms with Crippen molar-refractivity contribution in [1.82, 2.24) is 0 Å². The zero-order valence-corrected chi connectivity index (χ0v) is 14.0. The lowest BCUT2D eigenvalue weighted by molar-refractivity contribution is 0.352. The third kappa shape index (κ3) is 4.76. The van der Waals surface area contributed by atoms with E-state index in [2.05, 4.69) is 91.0 Å². The molecule has 0 amide bonds. The number of hydrogen-bond acceptors (Lipinski definition) is 1. The monoisotopic (exact) mass is 320 g/mol. The Labute approximate surface area is 139 Å². The summed E-state index contributed by atoms with van der Waals surface area (Å²) in [6, 6.07) is 31.7. The average molecular weight is 320 g/mol. The van der Waals surface area contributed by atoms with E-state index in [1.165, 1.54) is 16.2 Å². The van der Waals surface area contributed by atoms with E-state index in [1.54, 1.807) is 0 Å². The zero-order chi connectivity index (χ0) is 15.7. The maximum Gasteiger partial charge on any atom is 0.0917 e. The number of rotatable bonds is 7. The van der Waals surface area contributed by atoms with Gasteiger partial charge in [-0.25, -0.2) is 0 Å². The Morgan fingerprint density at radius 3 is 1.61 bits per heavy atom. The molecular weight excluding hydrogens is 299 g/mol. The summed E-state index contributed by atoms with van der Waals surface area (Å²) in [5, 5.41) is 2.54. The van der Waals surface area contributed by atoms with Gasteiger partial charge in [0.2, 0.25) is 0 Å². The quantitative estimate of drug-likeness (QED) is 0.453. The smallest absolute Gasteiger partial charge is 0.0917 e.